The van der Waals surface area contributed by atoms with Crippen molar-refractivity contribution in [3.05, 3.63) is 35.9 Å². The number of benzene rings is 1. The van der Waals surface area contributed by atoms with Gasteiger partial charge < -0.3 is 10.5 Å². The first-order valence-corrected chi connectivity index (χ1v) is 5.21. The summed E-state index contributed by atoms with van der Waals surface area (Å²) in [6, 6.07) is 10.7. The highest BCUT2D eigenvalue weighted by Gasteiger charge is 2.29. The summed E-state index contributed by atoms with van der Waals surface area (Å²) in [4.78, 5) is 0. The SMILES string of the molecule is CC1OCCC(N)C1c1ccccc1.Cl.Cl. The van der Waals surface area contributed by atoms with Gasteiger partial charge in [-0.3, -0.25) is 0 Å². The molecule has 3 unspecified atom stereocenters. The first-order valence-electron chi connectivity index (χ1n) is 5.21. The van der Waals surface area contributed by atoms with Gasteiger partial charge in [0.15, 0.2) is 0 Å². The van der Waals surface area contributed by atoms with Crippen LogP contribution in [0.2, 0.25) is 0 Å². The quantitative estimate of drug-likeness (QED) is 0.846. The lowest BCUT2D eigenvalue weighted by molar-refractivity contribution is 0.00224. The van der Waals surface area contributed by atoms with Gasteiger partial charge in [0.1, 0.15) is 0 Å². The molecule has 3 atom stereocenters. The van der Waals surface area contributed by atoms with E-state index >= 15 is 0 Å². The van der Waals surface area contributed by atoms with Gasteiger partial charge in [0.2, 0.25) is 0 Å². The normalized spacial score (nSPS) is 28.8. The second kappa shape index (κ2) is 7.13. The first-order chi connectivity index (χ1) is 6.79. The van der Waals surface area contributed by atoms with Crippen LogP contribution in [0.3, 0.4) is 0 Å². The second-order valence-corrected chi connectivity index (χ2v) is 3.96. The molecule has 0 spiro atoms. The summed E-state index contributed by atoms with van der Waals surface area (Å²) in [7, 11) is 0. The van der Waals surface area contributed by atoms with Gasteiger partial charge in [-0.05, 0) is 18.9 Å². The molecular weight excluding hydrogens is 245 g/mol. The summed E-state index contributed by atoms with van der Waals surface area (Å²) in [5.74, 6) is 0.352. The summed E-state index contributed by atoms with van der Waals surface area (Å²) in [5, 5.41) is 0. The lowest BCUT2D eigenvalue weighted by atomic mass is 9.84. The molecule has 2 nitrogen and oxygen atoms in total. The zero-order valence-corrected chi connectivity index (χ0v) is 11.0. The third-order valence-electron chi connectivity index (χ3n) is 2.98. The predicted molar refractivity (Wildman–Crippen MR) is 71.7 cm³/mol. The van der Waals surface area contributed by atoms with E-state index in [0.29, 0.717) is 5.92 Å². The zero-order chi connectivity index (χ0) is 9.97. The molecule has 0 aromatic heterocycles. The molecule has 1 aliphatic heterocycles. The molecule has 2 N–H and O–H groups in total. The fourth-order valence-electron chi connectivity index (χ4n) is 2.21. The fourth-order valence-corrected chi connectivity index (χ4v) is 2.21. The highest BCUT2D eigenvalue weighted by molar-refractivity contribution is 5.85. The van der Waals surface area contributed by atoms with Gasteiger partial charge in [-0.15, -0.1) is 24.8 Å². The minimum Gasteiger partial charge on any atom is -0.378 e. The van der Waals surface area contributed by atoms with Crippen molar-refractivity contribution in [3.63, 3.8) is 0 Å². The van der Waals surface area contributed by atoms with Gasteiger partial charge in [0, 0.05) is 18.6 Å². The van der Waals surface area contributed by atoms with Crippen LogP contribution in [0.1, 0.15) is 24.8 Å². The molecule has 0 saturated carbocycles. The molecule has 1 heterocycles. The summed E-state index contributed by atoms with van der Waals surface area (Å²) in [6.45, 7) is 2.91. The maximum atomic E-state index is 6.12. The maximum absolute atomic E-state index is 6.12. The summed E-state index contributed by atoms with van der Waals surface area (Å²) >= 11 is 0. The molecule has 0 bridgehead atoms. The van der Waals surface area contributed by atoms with Crippen LogP contribution < -0.4 is 5.73 Å². The van der Waals surface area contributed by atoms with Gasteiger partial charge in [-0.25, -0.2) is 0 Å². The van der Waals surface area contributed by atoms with E-state index in [1.807, 2.05) is 6.07 Å². The van der Waals surface area contributed by atoms with Gasteiger partial charge in [0.05, 0.1) is 6.10 Å². The van der Waals surface area contributed by atoms with Crippen molar-refractivity contribution >= 4 is 24.8 Å². The molecular formula is C12H19Cl2NO. The van der Waals surface area contributed by atoms with Crippen molar-refractivity contribution in [1.29, 1.82) is 0 Å². The number of ether oxygens (including phenoxy) is 1. The van der Waals surface area contributed by atoms with Crippen LogP contribution in [0.4, 0.5) is 0 Å². The zero-order valence-electron chi connectivity index (χ0n) is 9.34. The van der Waals surface area contributed by atoms with E-state index < -0.39 is 0 Å². The van der Waals surface area contributed by atoms with Crippen LogP contribution in [-0.4, -0.2) is 18.8 Å². The Kier molecular flexibility index (Phi) is 7.00. The Hall–Kier alpha value is -0.280. The number of hydrogen-bond donors (Lipinski definition) is 1. The third-order valence-corrected chi connectivity index (χ3v) is 2.98. The second-order valence-electron chi connectivity index (χ2n) is 3.96. The van der Waals surface area contributed by atoms with E-state index in [-0.39, 0.29) is 37.0 Å². The van der Waals surface area contributed by atoms with Crippen LogP contribution in [0.5, 0.6) is 0 Å². The van der Waals surface area contributed by atoms with Crippen molar-refractivity contribution in [2.45, 2.75) is 31.4 Å². The molecule has 1 aromatic rings. The molecule has 4 heteroatoms. The van der Waals surface area contributed by atoms with Gasteiger partial charge >= 0.3 is 0 Å². The molecule has 0 amide bonds. The predicted octanol–water partition coefficient (Wildman–Crippen LogP) is 2.75. The monoisotopic (exact) mass is 263 g/mol. The topological polar surface area (TPSA) is 35.2 Å². The van der Waals surface area contributed by atoms with Gasteiger partial charge in [0.25, 0.3) is 0 Å². The fraction of sp³-hybridized carbons (Fsp3) is 0.500. The minimum atomic E-state index is 0. The molecule has 2 rings (SSSR count). The Morgan fingerprint density at radius 3 is 2.38 bits per heavy atom. The largest absolute Gasteiger partial charge is 0.378 e. The Morgan fingerprint density at radius 1 is 1.19 bits per heavy atom. The van der Waals surface area contributed by atoms with Crippen LogP contribution in [0.15, 0.2) is 30.3 Å². The third kappa shape index (κ3) is 3.36. The molecule has 16 heavy (non-hydrogen) atoms. The van der Waals surface area contributed by atoms with E-state index in [4.69, 9.17) is 10.5 Å². The van der Waals surface area contributed by atoms with Crippen LogP contribution in [0.25, 0.3) is 0 Å². The Labute approximate surface area is 109 Å². The van der Waals surface area contributed by atoms with Gasteiger partial charge in [-0.1, -0.05) is 30.3 Å². The summed E-state index contributed by atoms with van der Waals surface area (Å²) < 4.78 is 5.64. The van der Waals surface area contributed by atoms with E-state index in [9.17, 15) is 0 Å². The molecule has 92 valence electrons. The van der Waals surface area contributed by atoms with E-state index in [2.05, 4.69) is 31.2 Å². The molecule has 1 aliphatic rings. The van der Waals surface area contributed by atoms with E-state index in [1.165, 1.54) is 5.56 Å². The minimum absolute atomic E-state index is 0. The van der Waals surface area contributed by atoms with Crippen molar-refractivity contribution < 1.29 is 4.74 Å². The Morgan fingerprint density at radius 2 is 1.81 bits per heavy atom. The Balaban J connectivity index is 0.00000112. The van der Waals surface area contributed by atoms with Crippen LogP contribution in [0, 0.1) is 0 Å². The van der Waals surface area contributed by atoms with Crippen molar-refractivity contribution in [3.8, 4) is 0 Å². The summed E-state index contributed by atoms with van der Waals surface area (Å²) in [5.41, 5.74) is 7.42. The number of nitrogens with two attached hydrogens (primary N) is 1. The summed E-state index contributed by atoms with van der Waals surface area (Å²) in [6.07, 6.45) is 1.20. The van der Waals surface area contributed by atoms with E-state index in [0.717, 1.165) is 13.0 Å². The highest BCUT2D eigenvalue weighted by atomic mass is 35.5. The molecule has 1 aromatic carbocycles. The lowest BCUT2D eigenvalue weighted by Crippen LogP contribution is -2.41. The maximum Gasteiger partial charge on any atom is 0.0630 e. The smallest absolute Gasteiger partial charge is 0.0630 e. The van der Waals surface area contributed by atoms with Gasteiger partial charge in [-0.2, -0.15) is 0 Å². The molecule has 0 aliphatic carbocycles. The average molecular weight is 264 g/mol. The molecule has 1 saturated heterocycles. The lowest BCUT2D eigenvalue weighted by Gasteiger charge is -2.34. The number of halogens is 2. The standard InChI is InChI=1S/C12H17NO.2ClH/c1-9-12(11(13)7-8-14-9)10-5-3-2-4-6-10;;/h2-6,9,11-12H,7-8,13H2,1H3;2*1H. The number of hydrogen-bond acceptors (Lipinski definition) is 2. The molecule has 0 radical (unpaired) electrons. The Bertz CT molecular complexity index is 284. The highest BCUT2D eigenvalue weighted by Crippen LogP contribution is 2.29. The molecule has 1 fully saturated rings. The van der Waals surface area contributed by atoms with Crippen molar-refractivity contribution in [1.82, 2.24) is 0 Å². The number of rotatable bonds is 1. The average Bonchev–Trinajstić information content (AvgIpc) is 2.19. The van der Waals surface area contributed by atoms with Crippen LogP contribution in [-0.2, 0) is 4.74 Å². The first kappa shape index (κ1) is 15.7. The van der Waals surface area contributed by atoms with Crippen molar-refractivity contribution in [2.24, 2.45) is 5.73 Å². The van der Waals surface area contributed by atoms with E-state index in [1.54, 1.807) is 0 Å². The van der Waals surface area contributed by atoms with Crippen LogP contribution >= 0.6 is 24.8 Å². The van der Waals surface area contributed by atoms with Crippen molar-refractivity contribution in [2.75, 3.05) is 6.61 Å².